The summed E-state index contributed by atoms with van der Waals surface area (Å²) in [5.74, 6) is 0.211. The van der Waals surface area contributed by atoms with Gasteiger partial charge in [0.25, 0.3) is 5.91 Å². The fraction of sp³-hybridized carbons (Fsp3) is 0.375. The number of carbonyl (C=O) groups is 3. The summed E-state index contributed by atoms with van der Waals surface area (Å²) in [6, 6.07) is 13.1. The van der Waals surface area contributed by atoms with E-state index >= 15 is 0 Å². The zero-order valence-corrected chi connectivity index (χ0v) is 17.2. The molecule has 1 amide bonds. The first kappa shape index (κ1) is 20.9. The number of ketones is 1. The van der Waals surface area contributed by atoms with Crippen molar-refractivity contribution < 1.29 is 28.6 Å². The molecule has 0 aromatic heterocycles. The molecule has 0 saturated heterocycles. The van der Waals surface area contributed by atoms with Crippen molar-refractivity contribution in [2.24, 2.45) is 0 Å². The number of benzene rings is 2. The summed E-state index contributed by atoms with van der Waals surface area (Å²) in [6.45, 7) is 0.166. The molecule has 0 fully saturated rings. The molecular formula is C24H25NO6. The minimum atomic E-state index is -0.573. The molecule has 1 aliphatic carbocycles. The van der Waals surface area contributed by atoms with Crippen molar-refractivity contribution in [3.63, 3.8) is 0 Å². The number of hydrogen-bond acceptors (Lipinski definition) is 6. The van der Waals surface area contributed by atoms with E-state index < -0.39 is 18.5 Å². The van der Waals surface area contributed by atoms with Gasteiger partial charge >= 0.3 is 5.97 Å². The van der Waals surface area contributed by atoms with Gasteiger partial charge in [0, 0.05) is 12.0 Å². The fourth-order valence-electron chi connectivity index (χ4n) is 3.77. The van der Waals surface area contributed by atoms with Gasteiger partial charge in [-0.25, -0.2) is 0 Å². The Morgan fingerprint density at radius 3 is 2.68 bits per heavy atom. The first-order chi connectivity index (χ1) is 15.1. The second-order valence-corrected chi connectivity index (χ2v) is 7.72. The number of esters is 1. The van der Waals surface area contributed by atoms with Crippen molar-refractivity contribution in [3.8, 4) is 11.5 Å². The molecule has 4 rings (SSSR count). The number of rotatable bonds is 8. The number of Topliss-reactive ketones (excluding diaryl/α,β-unsaturated/α-hetero) is 1. The third-order valence-corrected chi connectivity index (χ3v) is 5.44. The van der Waals surface area contributed by atoms with Gasteiger partial charge in [-0.1, -0.05) is 24.3 Å². The van der Waals surface area contributed by atoms with Crippen molar-refractivity contribution >= 4 is 17.7 Å². The number of nitrogens with one attached hydrogen (secondary N) is 1. The van der Waals surface area contributed by atoms with Crippen LogP contribution in [0.1, 0.15) is 40.7 Å². The number of fused-ring (bicyclic) bond motifs is 2. The van der Waals surface area contributed by atoms with Gasteiger partial charge < -0.3 is 19.5 Å². The Hall–Kier alpha value is -3.35. The summed E-state index contributed by atoms with van der Waals surface area (Å²) >= 11 is 0. The second kappa shape index (κ2) is 9.64. The van der Waals surface area contributed by atoms with Crippen LogP contribution in [0.15, 0.2) is 42.5 Å². The van der Waals surface area contributed by atoms with Crippen molar-refractivity contribution in [3.05, 3.63) is 59.2 Å². The molecule has 0 spiro atoms. The van der Waals surface area contributed by atoms with Crippen LogP contribution in [-0.4, -0.2) is 43.5 Å². The van der Waals surface area contributed by atoms with E-state index in [0.717, 1.165) is 19.3 Å². The summed E-state index contributed by atoms with van der Waals surface area (Å²) < 4.78 is 16.3. The van der Waals surface area contributed by atoms with E-state index in [1.165, 1.54) is 11.1 Å². The van der Waals surface area contributed by atoms with Crippen molar-refractivity contribution in [2.45, 2.75) is 38.2 Å². The van der Waals surface area contributed by atoms with E-state index in [9.17, 15) is 14.4 Å². The van der Waals surface area contributed by atoms with Gasteiger partial charge in [0.05, 0.1) is 13.0 Å². The summed E-state index contributed by atoms with van der Waals surface area (Å²) in [7, 11) is 0. The zero-order chi connectivity index (χ0) is 21.6. The maximum atomic E-state index is 12.3. The Labute approximate surface area is 180 Å². The lowest BCUT2D eigenvalue weighted by Crippen LogP contribution is -2.42. The number of amides is 1. The molecule has 1 heterocycles. The van der Waals surface area contributed by atoms with E-state index in [1.54, 1.807) is 6.07 Å². The van der Waals surface area contributed by atoms with E-state index in [1.807, 2.05) is 36.4 Å². The summed E-state index contributed by atoms with van der Waals surface area (Å²) in [5.41, 5.74) is 3.15. The fourth-order valence-corrected chi connectivity index (χ4v) is 3.77. The van der Waals surface area contributed by atoms with Gasteiger partial charge in [-0.05, 0) is 48.6 Å². The van der Waals surface area contributed by atoms with Gasteiger partial charge in [0.15, 0.2) is 23.9 Å². The molecule has 1 aliphatic heterocycles. The molecule has 0 saturated carbocycles. The molecule has 0 radical (unpaired) electrons. The highest BCUT2D eigenvalue weighted by Crippen LogP contribution is 2.30. The van der Waals surface area contributed by atoms with Gasteiger partial charge in [-0.15, -0.1) is 0 Å². The number of carbonyl (C=O) groups excluding carboxylic acids is 3. The third-order valence-electron chi connectivity index (χ3n) is 5.44. The Balaban J connectivity index is 1.14. The minimum absolute atomic E-state index is 0.0560. The molecule has 31 heavy (non-hydrogen) atoms. The lowest BCUT2D eigenvalue weighted by molar-refractivity contribution is -0.148. The number of ether oxygens (including phenoxy) is 3. The molecule has 7 nitrogen and oxygen atoms in total. The van der Waals surface area contributed by atoms with Crippen molar-refractivity contribution in [2.75, 3.05) is 19.8 Å². The van der Waals surface area contributed by atoms with Gasteiger partial charge in [-0.2, -0.15) is 0 Å². The van der Waals surface area contributed by atoms with Gasteiger partial charge in [-0.3, -0.25) is 14.4 Å². The average Bonchev–Trinajstić information content (AvgIpc) is 3.27. The minimum Gasteiger partial charge on any atom is -0.486 e. The topological polar surface area (TPSA) is 90.9 Å². The number of para-hydroxylation sites is 2. The maximum Gasteiger partial charge on any atom is 0.306 e. The average molecular weight is 423 g/mol. The number of aryl methyl sites for hydroxylation is 2. The molecule has 0 unspecified atom stereocenters. The summed E-state index contributed by atoms with van der Waals surface area (Å²) in [5, 5.41) is 2.67. The SMILES string of the molecule is O=C(COC(=O)CCC(=O)c1ccc2c(c1)CCC2)NC[C@@H]1COc2ccccc2O1. The molecule has 2 aromatic rings. The van der Waals surface area contributed by atoms with Crippen LogP contribution in [0.2, 0.25) is 0 Å². The molecule has 1 atom stereocenters. The Kier molecular flexibility index (Phi) is 6.50. The van der Waals surface area contributed by atoms with Crippen molar-refractivity contribution in [1.82, 2.24) is 5.32 Å². The van der Waals surface area contributed by atoms with Crippen LogP contribution >= 0.6 is 0 Å². The van der Waals surface area contributed by atoms with Crippen LogP contribution in [0.3, 0.4) is 0 Å². The number of hydrogen-bond donors (Lipinski definition) is 1. The lowest BCUT2D eigenvalue weighted by Gasteiger charge is -2.26. The van der Waals surface area contributed by atoms with Crippen molar-refractivity contribution in [1.29, 1.82) is 0 Å². The molecule has 1 N–H and O–H groups in total. The Morgan fingerprint density at radius 2 is 1.81 bits per heavy atom. The van der Waals surface area contributed by atoms with E-state index in [4.69, 9.17) is 14.2 Å². The van der Waals surface area contributed by atoms with Gasteiger partial charge in [0.2, 0.25) is 0 Å². The highest BCUT2D eigenvalue weighted by atomic mass is 16.6. The third kappa shape index (κ3) is 5.42. The van der Waals surface area contributed by atoms with E-state index in [2.05, 4.69) is 5.32 Å². The molecule has 0 bridgehead atoms. The van der Waals surface area contributed by atoms with Crippen LogP contribution < -0.4 is 14.8 Å². The predicted octanol–water partition coefficient (Wildman–Crippen LogP) is 2.64. The summed E-state index contributed by atoms with van der Waals surface area (Å²) in [4.78, 5) is 36.2. The summed E-state index contributed by atoms with van der Waals surface area (Å²) in [6.07, 6.45) is 2.86. The molecular weight excluding hydrogens is 398 g/mol. The first-order valence-corrected chi connectivity index (χ1v) is 10.5. The van der Waals surface area contributed by atoms with Crippen LogP contribution in [0, 0.1) is 0 Å². The lowest BCUT2D eigenvalue weighted by atomic mass is 10.0. The molecule has 2 aromatic carbocycles. The largest absolute Gasteiger partial charge is 0.486 e. The molecule has 162 valence electrons. The Morgan fingerprint density at radius 1 is 1.00 bits per heavy atom. The smallest absolute Gasteiger partial charge is 0.306 e. The highest BCUT2D eigenvalue weighted by Gasteiger charge is 2.21. The van der Waals surface area contributed by atoms with Gasteiger partial charge in [0.1, 0.15) is 12.7 Å². The molecule has 2 aliphatic rings. The Bertz CT molecular complexity index is 986. The van der Waals surface area contributed by atoms with E-state index in [-0.39, 0.29) is 31.3 Å². The maximum absolute atomic E-state index is 12.3. The zero-order valence-electron chi connectivity index (χ0n) is 17.2. The molecule has 7 heteroatoms. The van der Waals surface area contributed by atoms with E-state index in [0.29, 0.717) is 23.7 Å². The monoisotopic (exact) mass is 423 g/mol. The van der Waals surface area contributed by atoms with Crippen LogP contribution in [0.25, 0.3) is 0 Å². The standard InChI is InChI=1S/C24H25NO6/c26-20(18-9-8-16-4-3-5-17(16)12-18)10-11-24(28)30-15-23(27)25-13-19-14-29-21-6-1-2-7-22(21)31-19/h1-2,6-9,12,19H,3-5,10-11,13-15H2,(H,25,27)/t19-/m1/s1. The predicted molar refractivity (Wildman–Crippen MR) is 112 cm³/mol. The normalized spacial score (nSPS) is 16.3. The highest BCUT2D eigenvalue weighted by molar-refractivity contribution is 5.98. The van der Waals surface area contributed by atoms with Crippen LogP contribution in [-0.2, 0) is 27.2 Å². The first-order valence-electron chi connectivity index (χ1n) is 10.5. The second-order valence-electron chi connectivity index (χ2n) is 7.72. The van der Waals surface area contributed by atoms with Crippen LogP contribution in [0.5, 0.6) is 11.5 Å². The quantitative estimate of drug-likeness (QED) is 0.519. The van der Waals surface area contributed by atoms with Crippen LogP contribution in [0.4, 0.5) is 0 Å².